The van der Waals surface area contributed by atoms with Gasteiger partial charge in [0, 0.05) is 5.92 Å². The lowest BCUT2D eigenvalue weighted by Gasteiger charge is -2.00. The molecule has 0 aromatic rings. The van der Waals surface area contributed by atoms with Crippen LogP contribution >= 0.6 is 0 Å². The van der Waals surface area contributed by atoms with Crippen LogP contribution in [0.4, 0.5) is 0 Å². The second kappa shape index (κ2) is 2.50. The summed E-state index contributed by atoms with van der Waals surface area (Å²) in [6.07, 6.45) is 4.40. The molecule has 0 amide bonds. The summed E-state index contributed by atoms with van der Waals surface area (Å²) < 4.78 is 0. The molecule has 0 N–H and O–H groups in total. The minimum atomic E-state index is -0.0697. The molecule has 1 unspecified atom stereocenters. The van der Waals surface area contributed by atoms with E-state index in [0.717, 1.165) is 6.42 Å². The van der Waals surface area contributed by atoms with E-state index in [1.54, 1.807) is 6.08 Å². The highest BCUT2D eigenvalue weighted by molar-refractivity contribution is 6.05. The van der Waals surface area contributed by atoms with Gasteiger partial charge in [-0.3, -0.25) is 4.79 Å². The van der Waals surface area contributed by atoms with Crippen LogP contribution in [0.2, 0.25) is 0 Å². The highest BCUT2D eigenvalue weighted by Gasteiger charge is 2.01. The predicted molar refractivity (Wildman–Crippen MR) is 35.7 cm³/mol. The van der Waals surface area contributed by atoms with Gasteiger partial charge >= 0.3 is 0 Å². The van der Waals surface area contributed by atoms with E-state index < -0.39 is 0 Å². The van der Waals surface area contributed by atoms with E-state index in [-0.39, 0.29) is 5.78 Å². The first-order chi connectivity index (χ1) is 4.33. The Morgan fingerprint density at radius 2 is 2.56 bits per heavy atom. The van der Waals surface area contributed by atoms with E-state index in [1.165, 1.54) is 0 Å². The lowest BCUT2D eigenvalue weighted by molar-refractivity contribution is -0.109. The van der Waals surface area contributed by atoms with Gasteiger partial charge in [-0.15, -0.1) is 0 Å². The molecule has 1 rings (SSSR count). The van der Waals surface area contributed by atoms with Crippen LogP contribution < -0.4 is 0 Å². The summed E-state index contributed by atoms with van der Waals surface area (Å²) in [5, 5.41) is 0. The van der Waals surface area contributed by atoms with Gasteiger partial charge in [0.1, 0.15) is 0 Å². The first-order valence-electron chi connectivity index (χ1n) is 3.06. The fourth-order valence-electron chi connectivity index (χ4n) is 0.695. The Kier molecular flexibility index (Phi) is 1.69. The van der Waals surface area contributed by atoms with Crippen molar-refractivity contribution in [1.82, 2.24) is 0 Å². The summed E-state index contributed by atoms with van der Waals surface area (Å²) in [5.41, 5.74) is 0. The van der Waals surface area contributed by atoms with Gasteiger partial charge in [-0.1, -0.05) is 18.9 Å². The van der Waals surface area contributed by atoms with E-state index in [1.807, 2.05) is 6.08 Å². The van der Waals surface area contributed by atoms with Gasteiger partial charge in [-0.2, -0.15) is 0 Å². The van der Waals surface area contributed by atoms with E-state index >= 15 is 0 Å². The molecular formula is C8H8O. The van der Waals surface area contributed by atoms with E-state index in [2.05, 4.69) is 18.8 Å². The number of rotatable bonds is 1. The Labute approximate surface area is 54.8 Å². The third-order valence-electron chi connectivity index (χ3n) is 1.30. The maximum atomic E-state index is 10.5. The molecule has 0 aromatic heterocycles. The zero-order valence-corrected chi connectivity index (χ0v) is 5.35. The molecule has 0 fully saturated rings. The Morgan fingerprint density at radius 1 is 1.78 bits per heavy atom. The average Bonchev–Trinajstić information content (AvgIpc) is 1.90. The smallest absolute Gasteiger partial charge is 0.228 e. The summed E-state index contributed by atoms with van der Waals surface area (Å²) in [6, 6.07) is 0. The maximum Gasteiger partial charge on any atom is 0.228 e. The number of allylic oxidation sites excluding steroid dienone is 2. The van der Waals surface area contributed by atoms with Crippen molar-refractivity contribution in [3.05, 3.63) is 12.2 Å². The van der Waals surface area contributed by atoms with Crippen LogP contribution in [0.25, 0.3) is 0 Å². The van der Waals surface area contributed by atoms with Crippen molar-refractivity contribution in [3.8, 4) is 11.8 Å². The lowest BCUT2D eigenvalue weighted by atomic mass is 10.0. The normalized spacial score (nSPS) is 23.2. The quantitative estimate of drug-likeness (QED) is 0.375. The van der Waals surface area contributed by atoms with Crippen LogP contribution in [0.5, 0.6) is 0 Å². The van der Waals surface area contributed by atoms with Gasteiger partial charge < -0.3 is 0 Å². The van der Waals surface area contributed by atoms with Gasteiger partial charge in [0.15, 0.2) is 0 Å². The number of hydrogen-bond acceptors (Lipinski definition) is 1. The van der Waals surface area contributed by atoms with Crippen molar-refractivity contribution in [2.45, 2.75) is 13.3 Å². The molecule has 1 heteroatoms. The van der Waals surface area contributed by atoms with E-state index in [9.17, 15) is 4.79 Å². The molecule has 1 aliphatic rings. The van der Waals surface area contributed by atoms with Crippen LogP contribution in [0, 0.1) is 17.8 Å². The Hall–Kier alpha value is -1.03. The second-order valence-electron chi connectivity index (χ2n) is 2.01. The fraction of sp³-hybridized carbons (Fsp3) is 0.375. The molecule has 0 saturated heterocycles. The Bertz CT molecular complexity index is 202. The summed E-state index contributed by atoms with van der Waals surface area (Å²) in [4.78, 5) is 10.5. The van der Waals surface area contributed by atoms with Crippen molar-refractivity contribution < 1.29 is 4.79 Å². The molecule has 0 bridgehead atoms. The van der Waals surface area contributed by atoms with Gasteiger partial charge in [0.2, 0.25) is 5.78 Å². The van der Waals surface area contributed by atoms with Crippen molar-refractivity contribution in [2.24, 2.45) is 5.92 Å². The third kappa shape index (κ3) is 1.43. The third-order valence-corrected chi connectivity index (χ3v) is 1.30. The SMILES string of the molecule is CCC1C#CC(=O)C=C1. The summed E-state index contributed by atoms with van der Waals surface area (Å²) in [6.45, 7) is 2.06. The van der Waals surface area contributed by atoms with Gasteiger partial charge in [0.05, 0.1) is 0 Å². The number of hydrogen-bond donors (Lipinski definition) is 0. The fourth-order valence-corrected chi connectivity index (χ4v) is 0.695. The molecule has 1 aliphatic carbocycles. The minimum absolute atomic E-state index is 0.0697. The zero-order valence-electron chi connectivity index (χ0n) is 5.35. The van der Waals surface area contributed by atoms with Gasteiger partial charge in [-0.05, 0) is 18.4 Å². The van der Waals surface area contributed by atoms with Crippen LogP contribution in [0.15, 0.2) is 12.2 Å². The van der Waals surface area contributed by atoms with Crippen molar-refractivity contribution in [3.63, 3.8) is 0 Å². The number of ketones is 1. The highest BCUT2D eigenvalue weighted by Crippen LogP contribution is 2.04. The summed E-state index contributed by atoms with van der Waals surface area (Å²) >= 11 is 0. The lowest BCUT2D eigenvalue weighted by Crippen LogP contribution is -1.98. The molecular weight excluding hydrogens is 112 g/mol. The predicted octanol–water partition coefficient (Wildman–Crippen LogP) is 1.15. The molecule has 1 atom stereocenters. The van der Waals surface area contributed by atoms with Gasteiger partial charge in [-0.25, -0.2) is 0 Å². The molecule has 0 heterocycles. The van der Waals surface area contributed by atoms with E-state index in [0.29, 0.717) is 5.92 Å². The molecule has 46 valence electrons. The van der Waals surface area contributed by atoms with Crippen LogP contribution in [-0.4, -0.2) is 5.78 Å². The average molecular weight is 120 g/mol. The Balaban J connectivity index is 2.67. The highest BCUT2D eigenvalue weighted by atomic mass is 16.1. The molecule has 0 saturated carbocycles. The monoisotopic (exact) mass is 120 g/mol. The van der Waals surface area contributed by atoms with Crippen molar-refractivity contribution in [2.75, 3.05) is 0 Å². The molecule has 0 aromatic carbocycles. The molecule has 0 aliphatic heterocycles. The zero-order chi connectivity index (χ0) is 6.69. The van der Waals surface area contributed by atoms with Crippen LogP contribution in [0.1, 0.15) is 13.3 Å². The largest absolute Gasteiger partial charge is 0.280 e. The molecule has 0 radical (unpaired) electrons. The first kappa shape index (κ1) is 6.10. The maximum absolute atomic E-state index is 10.5. The number of carbonyl (C=O) groups excluding carboxylic acids is 1. The Morgan fingerprint density at radius 3 is 3.00 bits per heavy atom. The van der Waals surface area contributed by atoms with E-state index in [4.69, 9.17) is 0 Å². The number of carbonyl (C=O) groups is 1. The molecule has 0 spiro atoms. The topological polar surface area (TPSA) is 17.1 Å². The summed E-state index contributed by atoms with van der Waals surface area (Å²) in [7, 11) is 0. The molecule has 9 heavy (non-hydrogen) atoms. The van der Waals surface area contributed by atoms with Crippen LogP contribution in [0.3, 0.4) is 0 Å². The van der Waals surface area contributed by atoms with Gasteiger partial charge in [0.25, 0.3) is 0 Å². The van der Waals surface area contributed by atoms with Crippen molar-refractivity contribution in [1.29, 1.82) is 0 Å². The second-order valence-corrected chi connectivity index (χ2v) is 2.01. The van der Waals surface area contributed by atoms with Crippen LogP contribution in [-0.2, 0) is 4.79 Å². The van der Waals surface area contributed by atoms with Crippen molar-refractivity contribution >= 4 is 5.78 Å². The molecule has 1 nitrogen and oxygen atoms in total. The standard InChI is InChI=1S/C8H8O/c1-2-7-3-5-8(9)6-4-7/h3,5,7H,2H2,1H3. The first-order valence-corrected chi connectivity index (χ1v) is 3.06. The summed E-state index contributed by atoms with van der Waals surface area (Å²) in [5.74, 6) is 5.58. The minimum Gasteiger partial charge on any atom is -0.280 e.